The first-order chi connectivity index (χ1) is 15.6. The van der Waals surface area contributed by atoms with Gasteiger partial charge in [-0.3, -0.25) is 9.59 Å². The Morgan fingerprint density at radius 2 is 1.55 bits per heavy atom. The number of fused-ring (bicyclic) bond motifs is 5. The number of carbonyl (C=O) groups excluding carboxylic acids is 2. The van der Waals surface area contributed by atoms with Crippen LogP contribution in [0.2, 0.25) is 0 Å². The molecule has 0 radical (unpaired) electrons. The first-order valence-electron chi connectivity index (χ1n) is 13.1. The van der Waals surface area contributed by atoms with E-state index in [2.05, 4.69) is 23.3 Å². The Labute approximate surface area is 203 Å². The van der Waals surface area contributed by atoms with Crippen molar-refractivity contribution < 1.29 is 33.2 Å². The Morgan fingerprint density at radius 3 is 2.21 bits per heavy atom. The van der Waals surface area contributed by atoms with E-state index in [0.717, 1.165) is 23.7 Å². The molecule has 0 amide bonds. The lowest BCUT2D eigenvalue weighted by molar-refractivity contribution is -0.141. The van der Waals surface area contributed by atoms with Crippen molar-refractivity contribution in [3.63, 3.8) is 0 Å². The number of Topliss-reactive ketones (excluding diaryl/α,β-unsaturated/α-hetero) is 1. The van der Waals surface area contributed by atoms with Crippen molar-refractivity contribution in [2.75, 3.05) is 13.2 Å². The molecule has 0 aromatic carbocycles. The third kappa shape index (κ3) is 5.57. The van der Waals surface area contributed by atoms with Crippen LogP contribution in [0.4, 0.5) is 4.79 Å². The minimum Gasteiger partial charge on any atom is -0.466 e. The summed E-state index contributed by atoms with van der Waals surface area (Å²) in [5.41, 5.74) is 0.974. The van der Waals surface area contributed by atoms with Crippen LogP contribution in [0.25, 0.3) is 0 Å². The molecule has 4 saturated carbocycles. The van der Waals surface area contributed by atoms with Gasteiger partial charge in [-0.1, -0.05) is 26.7 Å². The summed E-state index contributed by atoms with van der Waals surface area (Å²) in [7, 11) is 0. The number of ether oxygens (including phenoxy) is 2. The van der Waals surface area contributed by atoms with Gasteiger partial charge in [0.2, 0.25) is 0 Å². The number of carboxylic acid groups (broad SMARTS) is 1. The van der Waals surface area contributed by atoms with Crippen LogP contribution in [0.15, 0.2) is 0 Å². The Kier molecular flexibility index (Phi) is 8.50. The molecule has 6 heteroatoms. The summed E-state index contributed by atoms with van der Waals surface area (Å²) in [5, 5.41) is 7.99. The van der Waals surface area contributed by atoms with Gasteiger partial charge in [-0.15, -0.1) is 0 Å². The minimum absolute atomic E-state index is 0. The number of rotatable bonds is 5. The lowest BCUT2D eigenvalue weighted by atomic mass is 9.45. The summed E-state index contributed by atoms with van der Waals surface area (Å²) in [5.74, 6) is 4.23. The fraction of sp³-hybridized carbons (Fsp3) is 0.889. The van der Waals surface area contributed by atoms with Crippen molar-refractivity contribution in [1.29, 1.82) is 0 Å². The van der Waals surface area contributed by atoms with E-state index in [1.165, 1.54) is 71.1 Å². The topological polar surface area (TPSA) is 89.9 Å². The maximum absolute atomic E-state index is 12.2. The third-order valence-electron chi connectivity index (χ3n) is 9.89. The van der Waals surface area contributed by atoms with Gasteiger partial charge in [0.15, 0.2) is 0 Å². The second-order valence-electron chi connectivity index (χ2n) is 11.5. The van der Waals surface area contributed by atoms with E-state index in [-0.39, 0.29) is 23.5 Å². The van der Waals surface area contributed by atoms with E-state index in [1.54, 1.807) is 0 Å². The van der Waals surface area contributed by atoms with Gasteiger partial charge in [-0.25, -0.2) is 4.79 Å². The number of esters is 1. The second kappa shape index (κ2) is 10.8. The molecule has 0 saturated heterocycles. The van der Waals surface area contributed by atoms with Gasteiger partial charge in [0.05, 0.1) is 13.2 Å². The lowest BCUT2D eigenvalue weighted by Crippen LogP contribution is -2.53. The zero-order chi connectivity index (χ0) is 24.2. The average molecular weight is 471 g/mol. The van der Waals surface area contributed by atoms with Crippen molar-refractivity contribution in [2.24, 2.45) is 40.4 Å². The van der Waals surface area contributed by atoms with Crippen LogP contribution in [-0.2, 0) is 19.1 Å². The van der Waals surface area contributed by atoms with E-state index in [0.29, 0.717) is 29.0 Å². The maximum atomic E-state index is 12.2. The molecule has 194 valence electrons. The van der Waals surface area contributed by atoms with Crippen molar-refractivity contribution in [2.45, 2.75) is 98.3 Å². The highest BCUT2D eigenvalue weighted by atomic mass is 16.7. The highest BCUT2D eigenvalue weighted by molar-refractivity contribution is 5.79. The second-order valence-corrected chi connectivity index (χ2v) is 11.5. The molecule has 4 aliphatic carbocycles. The Hall–Kier alpha value is -1.59. The zero-order valence-electron chi connectivity index (χ0n) is 21.1. The average Bonchev–Trinajstić information content (AvgIpc) is 3.10. The molecule has 3 unspecified atom stereocenters. The van der Waals surface area contributed by atoms with Crippen LogP contribution in [0.5, 0.6) is 0 Å². The predicted molar refractivity (Wildman–Crippen MR) is 132 cm³/mol. The quantitative estimate of drug-likeness (QED) is 0.344. The zero-order valence-corrected chi connectivity index (χ0v) is 21.1. The van der Waals surface area contributed by atoms with E-state index in [1.807, 2.05) is 6.92 Å². The first kappa shape index (κ1) is 26.0. The first-order valence-corrected chi connectivity index (χ1v) is 13.1. The van der Waals surface area contributed by atoms with E-state index >= 15 is 0 Å². The molecule has 4 rings (SSSR count). The normalized spacial score (nSPS) is 39.1. The largest absolute Gasteiger partial charge is 0.505 e. The molecule has 0 bridgehead atoms. The van der Waals surface area contributed by atoms with E-state index in [9.17, 15) is 14.4 Å². The van der Waals surface area contributed by atoms with Gasteiger partial charge in [0, 0.05) is 23.5 Å². The molecular formula is C27H50O6. The van der Waals surface area contributed by atoms with Crippen molar-refractivity contribution in [3.8, 4) is 0 Å². The highest BCUT2D eigenvalue weighted by Crippen LogP contribution is 2.67. The van der Waals surface area contributed by atoms with Crippen LogP contribution in [0.3, 0.4) is 0 Å². The molecule has 0 heterocycles. The fourth-order valence-corrected chi connectivity index (χ4v) is 8.40. The monoisotopic (exact) mass is 470 g/mol. The summed E-state index contributed by atoms with van der Waals surface area (Å²) in [6.07, 6.45) is 13.2. The van der Waals surface area contributed by atoms with Crippen LogP contribution in [0, 0.1) is 40.4 Å². The summed E-state index contributed by atoms with van der Waals surface area (Å²) in [6.45, 7) is 8.52. The number of ketones is 1. The van der Waals surface area contributed by atoms with Crippen LogP contribution < -0.4 is 0 Å². The van der Waals surface area contributed by atoms with Crippen molar-refractivity contribution in [3.05, 3.63) is 0 Å². The lowest BCUT2D eigenvalue weighted by Gasteiger charge is -2.60. The molecular weight excluding hydrogens is 420 g/mol. The minimum atomic E-state index is -1.31. The Bertz CT molecular complexity index is 718. The van der Waals surface area contributed by atoms with Crippen LogP contribution in [-0.4, -0.2) is 36.2 Å². The molecule has 1 N–H and O–H groups in total. The molecule has 6 nitrogen and oxygen atoms in total. The van der Waals surface area contributed by atoms with E-state index < -0.39 is 6.16 Å². The predicted octanol–water partition coefficient (Wildman–Crippen LogP) is 7.00. The SMILES string of the molecule is CC(=O)OCCCOC(=O)O.CC(=O)[C@H]1CCC2[C@@H]3CCC4CCCC[C@]4(C)C3CC[C@@]21C.[HH].[HH].[HH]. The summed E-state index contributed by atoms with van der Waals surface area (Å²) >= 11 is 0. The number of hydrogen-bond acceptors (Lipinski definition) is 5. The standard InChI is InChI=1S/C21H34O.C6H10O5.3H2/c1-14(22)17-9-10-18-16-8-7-15-6-4-5-12-20(15,2)19(16)11-13-21(17,18)3;1-5(7)10-3-2-4-11-6(8)9;;;/h15-19H,4-13H2,1-3H3;2-4H2,1H3,(H,8,9);3*1H/t15?,16-,17+,18?,19?,20-,21+;;;;/m0..../s1. The molecule has 33 heavy (non-hydrogen) atoms. The highest BCUT2D eigenvalue weighted by Gasteiger charge is 2.60. The molecule has 0 aromatic rings. The molecule has 0 aromatic heterocycles. The fourth-order valence-electron chi connectivity index (χ4n) is 8.40. The van der Waals surface area contributed by atoms with Gasteiger partial charge in [0.25, 0.3) is 0 Å². The van der Waals surface area contributed by atoms with Gasteiger partial charge >= 0.3 is 12.1 Å². The van der Waals surface area contributed by atoms with Crippen LogP contribution in [0.1, 0.15) is 103 Å². The Balaban J connectivity index is 0.000000765. The molecule has 0 aliphatic heterocycles. The summed E-state index contributed by atoms with van der Waals surface area (Å²) < 4.78 is 8.66. The molecule has 0 spiro atoms. The van der Waals surface area contributed by atoms with E-state index in [4.69, 9.17) is 5.11 Å². The van der Waals surface area contributed by atoms with Gasteiger partial charge < -0.3 is 14.6 Å². The maximum Gasteiger partial charge on any atom is 0.505 e. The number of carbonyl (C=O) groups is 3. The van der Waals surface area contributed by atoms with Gasteiger partial charge in [-0.05, 0) is 92.8 Å². The van der Waals surface area contributed by atoms with Crippen LogP contribution >= 0.6 is 0 Å². The molecule has 4 fully saturated rings. The summed E-state index contributed by atoms with van der Waals surface area (Å²) in [6, 6.07) is 0. The van der Waals surface area contributed by atoms with Crippen molar-refractivity contribution in [1.82, 2.24) is 0 Å². The summed E-state index contributed by atoms with van der Waals surface area (Å²) in [4.78, 5) is 32.1. The molecule has 7 atom stereocenters. The Morgan fingerprint density at radius 1 is 0.848 bits per heavy atom. The van der Waals surface area contributed by atoms with Gasteiger partial charge in [-0.2, -0.15) is 0 Å². The van der Waals surface area contributed by atoms with Gasteiger partial charge in [0.1, 0.15) is 5.78 Å². The molecule has 4 aliphatic rings. The third-order valence-corrected chi connectivity index (χ3v) is 9.89. The smallest absolute Gasteiger partial charge is 0.466 e. The number of hydrogen-bond donors (Lipinski definition) is 1. The van der Waals surface area contributed by atoms with Crippen molar-refractivity contribution >= 4 is 17.9 Å².